The lowest BCUT2D eigenvalue weighted by atomic mass is 10.1. The molecule has 0 saturated heterocycles. The molecule has 0 bridgehead atoms. The van der Waals surface area contributed by atoms with Gasteiger partial charge >= 0.3 is 6.18 Å². The second kappa shape index (κ2) is 5.09. The minimum Gasteiger partial charge on any atom is -0.389 e. The fourth-order valence-corrected chi connectivity index (χ4v) is 1.47. The summed E-state index contributed by atoms with van der Waals surface area (Å²) in [5, 5.41) is 16.4. The van der Waals surface area contributed by atoms with E-state index in [1.54, 1.807) is 18.7 Å². The molecular formula is C11H16F3N3O. The van der Waals surface area contributed by atoms with Gasteiger partial charge in [0.2, 0.25) is 0 Å². The Morgan fingerprint density at radius 3 is 2.17 bits per heavy atom. The zero-order valence-corrected chi connectivity index (χ0v) is 10.5. The fraction of sp³-hybridized carbons (Fsp3) is 0.636. The Balaban J connectivity index is 2.89. The number of hydrogen-bond donors (Lipinski definition) is 1. The maximum atomic E-state index is 12.3. The summed E-state index contributed by atoms with van der Waals surface area (Å²) in [6.45, 7) is 5.85. The lowest BCUT2D eigenvalue weighted by Gasteiger charge is -2.28. The molecule has 1 heterocycles. The zero-order valence-electron chi connectivity index (χ0n) is 10.5. The molecule has 0 saturated carbocycles. The van der Waals surface area contributed by atoms with Gasteiger partial charge in [-0.25, -0.2) is 0 Å². The summed E-state index contributed by atoms with van der Waals surface area (Å²) in [4.78, 5) is 1.66. The topological polar surface area (TPSA) is 49.2 Å². The van der Waals surface area contributed by atoms with E-state index < -0.39 is 17.5 Å². The SMILES string of the molecule is CCN(CC(C)(C)O)c1ccc(C(F)(F)F)nn1. The molecule has 1 aromatic heterocycles. The van der Waals surface area contributed by atoms with Crippen molar-refractivity contribution in [2.24, 2.45) is 0 Å². The average molecular weight is 263 g/mol. The monoisotopic (exact) mass is 263 g/mol. The van der Waals surface area contributed by atoms with Crippen LogP contribution in [0.5, 0.6) is 0 Å². The third-order valence-electron chi connectivity index (χ3n) is 2.22. The third-order valence-corrected chi connectivity index (χ3v) is 2.22. The summed E-state index contributed by atoms with van der Waals surface area (Å²) in [5.74, 6) is 0.313. The number of alkyl halides is 3. The first-order chi connectivity index (χ1) is 8.13. The Hall–Kier alpha value is -1.37. The minimum absolute atomic E-state index is 0.267. The summed E-state index contributed by atoms with van der Waals surface area (Å²) < 4.78 is 37.0. The van der Waals surface area contributed by atoms with Crippen molar-refractivity contribution in [1.29, 1.82) is 0 Å². The van der Waals surface area contributed by atoms with Crippen LogP contribution in [0, 0.1) is 0 Å². The van der Waals surface area contributed by atoms with Gasteiger partial charge in [-0.2, -0.15) is 13.2 Å². The molecule has 102 valence electrons. The smallest absolute Gasteiger partial charge is 0.389 e. The quantitative estimate of drug-likeness (QED) is 0.903. The van der Waals surface area contributed by atoms with Gasteiger partial charge in [-0.3, -0.25) is 0 Å². The standard InChI is InChI=1S/C11H16F3N3O/c1-4-17(7-10(2,3)18)9-6-5-8(15-16-9)11(12,13)14/h5-6,18H,4,7H2,1-3H3. The maximum Gasteiger partial charge on any atom is 0.435 e. The lowest BCUT2D eigenvalue weighted by Crippen LogP contribution is -2.39. The predicted molar refractivity (Wildman–Crippen MR) is 61.2 cm³/mol. The summed E-state index contributed by atoms with van der Waals surface area (Å²) in [6, 6.07) is 2.14. The van der Waals surface area contributed by atoms with Crippen molar-refractivity contribution in [3.05, 3.63) is 17.8 Å². The summed E-state index contributed by atoms with van der Waals surface area (Å²) in [7, 11) is 0. The second-order valence-corrected chi connectivity index (χ2v) is 4.60. The Labute approximate surface area is 103 Å². The number of likely N-dealkylation sites (N-methyl/N-ethyl adjacent to an activating group) is 1. The molecule has 0 radical (unpaired) electrons. The third kappa shape index (κ3) is 4.14. The van der Waals surface area contributed by atoms with E-state index in [2.05, 4.69) is 10.2 Å². The molecule has 1 rings (SSSR count). The van der Waals surface area contributed by atoms with Crippen LogP contribution >= 0.6 is 0 Å². The van der Waals surface area contributed by atoms with Crippen molar-refractivity contribution >= 4 is 5.82 Å². The number of aliphatic hydroxyl groups is 1. The van der Waals surface area contributed by atoms with Crippen LogP contribution in [0.4, 0.5) is 19.0 Å². The van der Waals surface area contributed by atoms with E-state index in [4.69, 9.17) is 0 Å². The van der Waals surface area contributed by atoms with Crippen LogP contribution in [0.1, 0.15) is 26.5 Å². The molecule has 0 unspecified atom stereocenters. The Morgan fingerprint density at radius 1 is 1.22 bits per heavy atom. The zero-order chi connectivity index (χ0) is 14.0. The molecule has 0 aliphatic heterocycles. The molecule has 0 fully saturated rings. The highest BCUT2D eigenvalue weighted by atomic mass is 19.4. The van der Waals surface area contributed by atoms with Gasteiger partial charge in [0.05, 0.1) is 5.60 Å². The summed E-state index contributed by atoms with van der Waals surface area (Å²) >= 11 is 0. The van der Waals surface area contributed by atoms with Gasteiger partial charge in [0.1, 0.15) is 0 Å². The first kappa shape index (κ1) is 14.7. The normalized spacial score (nSPS) is 12.6. The second-order valence-electron chi connectivity index (χ2n) is 4.60. The van der Waals surface area contributed by atoms with E-state index in [0.717, 1.165) is 6.07 Å². The van der Waals surface area contributed by atoms with Crippen LogP contribution in [0.3, 0.4) is 0 Å². The molecular weight excluding hydrogens is 247 g/mol. The molecule has 0 aliphatic rings. The maximum absolute atomic E-state index is 12.3. The van der Waals surface area contributed by atoms with Crippen LogP contribution in [0.15, 0.2) is 12.1 Å². The number of halogens is 3. The van der Waals surface area contributed by atoms with Crippen molar-refractivity contribution in [3.8, 4) is 0 Å². The fourth-order valence-electron chi connectivity index (χ4n) is 1.47. The number of aromatic nitrogens is 2. The summed E-state index contributed by atoms with van der Waals surface area (Å²) in [5.41, 5.74) is -1.98. The van der Waals surface area contributed by atoms with Crippen LogP contribution in [0.2, 0.25) is 0 Å². The van der Waals surface area contributed by atoms with Crippen LogP contribution in [-0.2, 0) is 6.18 Å². The lowest BCUT2D eigenvalue weighted by molar-refractivity contribution is -0.141. The van der Waals surface area contributed by atoms with Crippen molar-refractivity contribution in [1.82, 2.24) is 10.2 Å². The van der Waals surface area contributed by atoms with Crippen molar-refractivity contribution in [3.63, 3.8) is 0 Å². The van der Waals surface area contributed by atoms with E-state index in [-0.39, 0.29) is 6.54 Å². The molecule has 1 aromatic rings. The molecule has 18 heavy (non-hydrogen) atoms. The number of hydrogen-bond acceptors (Lipinski definition) is 4. The molecule has 7 heteroatoms. The Kier molecular flexibility index (Phi) is 4.16. The van der Waals surface area contributed by atoms with Gasteiger partial charge < -0.3 is 10.0 Å². The molecule has 0 aromatic carbocycles. The van der Waals surface area contributed by atoms with Crippen molar-refractivity contribution in [2.75, 3.05) is 18.0 Å². The minimum atomic E-state index is -4.49. The number of nitrogens with zero attached hydrogens (tertiary/aromatic N) is 3. The van der Waals surface area contributed by atoms with Crippen LogP contribution in [-0.4, -0.2) is 34.0 Å². The van der Waals surface area contributed by atoms with E-state index in [1.807, 2.05) is 6.92 Å². The molecule has 0 atom stereocenters. The van der Waals surface area contributed by atoms with Gasteiger partial charge in [-0.1, -0.05) is 0 Å². The number of anilines is 1. The molecule has 1 N–H and O–H groups in total. The van der Waals surface area contributed by atoms with E-state index >= 15 is 0 Å². The first-order valence-corrected chi connectivity index (χ1v) is 5.52. The Bertz CT molecular complexity index is 384. The van der Waals surface area contributed by atoms with Crippen molar-refractivity contribution in [2.45, 2.75) is 32.5 Å². The average Bonchev–Trinajstić information content (AvgIpc) is 2.24. The number of rotatable bonds is 4. The molecule has 0 amide bonds. The molecule has 0 spiro atoms. The van der Waals surface area contributed by atoms with Gasteiger partial charge in [0, 0.05) is 13.1 Å². The van der Waals surface area contributed by atoms with Gasteiger partial charge in [-0.05, 0) is 32.9 Å². The van der Waals surface area contributed by atoms with Crippen LogP contribution in [0.25, 0.3) is 0 Å². The van der Waals surface area contributed by atoms with E-state index in [9.17, 15) is 18.3 Å². The van der Waals surface area contributed by atoms with E-state index in [0.29, 0.717) is 12.4 Å². The highest BCUT2D eigenvalue weighted by molar-refractivity contribution is 5.37. The largest absolute Gasteiger partial charge is 0.435 e. The predicted octanol–water partition coefficient (Wildman–Crippen LogP) is 2.09. The van der Waals surface area contributed by atoms with Crippen LogP contribution < -0.4 is 4.90 Å². The van der Waals surface area contributed by atoms with Gasteiger partial charge in [0.25, 0.3) is 0 Å². The highest BCUT2D eigenvalue weighted by Gasteiger charge is 2.33. The summed E-state index contributed by atoms with van der Waals surface area (Å²) in [6.07, 6.45) is -4.49. The van der Waals surface area contributed by atoms with Crippen molar-refractivity contribution < 1.29 is 18.3 Å². The van der Waals surface area contributed by atoms with E-state index in [1.165, 1.54) is 6.07 Å². The Morgan fingerprint density at radius 2 is 1.83 bits per heavy atom. The molecule has 4 nitrogen and oxygen atoms in total. The first-order valence-electron chi connectivity index (χ1n) is 5.52. The van der Waals surface area contributed by atoms with Gasteiger partial charge in [-0.15, -0.1) is 10.2 Å². The highest BCUT2D eigenvalue weighted by Crippen LogP contribution is 2.27. The molecule has 0 aliphatic carbocycles. The van der Waals surface area contributed by atoms with Gasteiger partial charge in [0.15, 0.2) is 11.5 Å².